The van der Waals surface area contributed by atoms with E-state index < -0.39 is 75.2 Å². The highest BCUT2D eigenvalue weighted by atomic mass is 32.2. The highest BCUT2D eigenvalue weighted by molar-refractivity contribution is 7.85. The SMILES string of the molecule is O=C(CCC(=O)N1Cc2ccccc2C#Cc2ccccc21)N[C@H](CS(=O)(=O)O)C(=O)NCCOCCOCCOCCOCCC(=O)N(CCOCCOCCC(=O)ON1C(=O)CCC1=O)CCOCCOCCC(=O)ON1C(=O)CCC1=O. The molecule has 3 aliphatic heterocycles. The molecule has 0 bridgehead atoms. The molecule has 3 aliphatic rings. The molecule has 2 saturated heterocycles. The maximum atomic E-state index is 13.6. The first-order valence-electron chi connectivity index (χ1n) is 27.5. The van der Waals surface area contributed by atoms with Gasteiger partial charge in [-0.1, -0.05) is 42.2 Å². The van der Waals surface area contributed by atoms with E-state index >= 15 is 0 Å². The summed E-state index contributed by atoms with van der Waals surface area (Å²) in [5, 5.41) is 5.70. The predicted molar refractivity (Wildman–Crippen MR) is 292 cm³/mol. The molecule has 0 radical (unpaired) electrons. The maximum Gasteiger partial charge on any atom is 0.335 e. The van der Waals surface area contributed by atoms with Gasteiger partial charge in [0.25, 0.3) is 33.7 Å². The molecule has 0 aromatic heterocycles. The summed E-state index contributed by atoms with van der Waals surface area (Å²) < 4.78 is 77.1. The van der Waals surface area contributed by atoms with Crippen LogP contribution in [-0.2, 0) is 112 Å². The van der Waals surface area contributed by atoms with Gasteiger partial charge in [0.2, 0.25) is 23.6 Å². The predicted octanol–water partition coefficient (Wildman–Crippen LogP) is -0.452. The molecule has 3 N–H and O–H groups in total. The van der Waals surface area contributed by atoms with E-state index in [0.29, 0.717) is 21.4 Å². The van der Waals surface area contributed by atoms with Gasteiger partial charge in [0.1, 0.15) is 11.8 Å². The van der Waals surface area contributed by atoms with E-state index in [0.717, 1.165) is 11.1 Å². The lowest BCUT2D eigenvalue weighted by atomic mass is 10.0. The number of nitrogens with zero attached hydrogens (tertiary/aromatic N) is 4. The van der Waals surface area contributed by atoms with E-state index in [4.69, 9.17) is 47.6 Å². The molecule has 29 nitrogen and oxygen atoms in total. The quantitative estimate of drug-likeness (QED) is 0.0328. The Bertz CT molecular complexity index is 2670. The van der Waals surface area contributed by atoms with Crippen LogP contribution < -0.4 is 15.5 Å². The second-order valence-corrected chi connectivity index (χ2v) is 20.2. The van der Waals surface area contributed by atoms with Crippen molar-refractivity contribution in [1.82, 2.24) is 25.7 Å². The van der Waals surface area contributed by atoms with Gasteiger partial charge in [0.05, 0.1) is 137 Å². The number of benzene rings is 2. The van der Waals surface area contributed by atoms with E-state index in [1.807, 2.05) is 24.3 Å². The molecule has 30 heteroatoms. The standard InChI is InChI=1S/C55H72N6O23S/c62-46(11-12-48(64)59-39-43-7-2-1-5-41(43)9-10-42-6-3-4-8-45(42)59)57-44(40-85(72,73)74)55(71)56-20-26-78-32-36-82-38-37-81-35-31-75-23-17-47(63)58(21-27-79-33-29-76-24-18-53(69)83-60-49(65)13-14-50(60)66)22-28-80-34-30-77-25-19-54(70)84-61-51(67)15-16-52(61)68/h1-8,44H,11-40H2,(H,56,71)(H,57,62)(H,72,73,74)/t44-/m1/s1. The monoisotopic (exact) mass is 1220 g/mol. The molecule has 1 atom stereocenters. The number of para-hydroxylation sites is 1. The van der Waals surface area contributed by atoms with Crippen LogP contribution in [-0.4, -0.2) is 224 Å². The number of hydrogen-bond acceptors (Lipinski definition) is 22. The number of hydroxylamine groups is 4. The number of ether oxygens (including phenoxy) is 8. The van der Waals surface area contributed by atoms with E-state index in [1.165, 1.54) is 9.80 Å². The number of hydrogen-bond donors (Lipinski definition) is 3. The topological polar surface area (TPSA) is 354 Å². The van der Waals surface area contributed by atoms with Crippen molar-refractivity contribution in [1.29, 1.82) is 0 Å². The first kappa shape index (κ1) is 68.5. The molecular weight excluding hydrogens is 1140 g/mol. The third kappa shape index (κ3) is 26.2. The first-order chi connectivity index (χ1) is 41.0. The first-order valence-corrected chi connectivity index (χ1v) is 29.1. The minimum Gasteiger partial charge on any atom is -0.379 e. The smallest absolute Gasteiger partial charge is 0.335 e. The van der Waals surface area contributed by atoms with Crippen LogP contribution in [0.25, 0.3) is 0 Å². The average molecular weight is 1220 g/mol. The Kier molecular flexibility index (Phi) is 30.5. The normalized spacial score (nSPS) is 14.2. The number of nitrogens with one attached hydrogen (secondary N) is 2. The van der Waals surface area contributed by atoms with Gasteiger partial charge < -0.3 is 68.0 Å². The van der Waals surface area contributed by atoms with Gasteiger partial charge in [0.15, 0.2) is 0 Å². The van der Waals surface area contributed by atoms with Crippen LogP contribution in [0.4, 0.5) is 5.69 Å². The minimum absolute atomic E-state index is 0.00198. The Balaban J connectivity index is 0.892. The van der Waals surface area contributed by atoms with Crippen LogP contribution in [0.15, 0.2) is 48.5 Å². The van der Waals surface area contributed by atoms with Crippen molar-refractivity contribution in [3.63, 3.8) is 0 Å². The molecule has 0 spiro atoms. The molecule has 2 aromatic carbocycles. The van der Waals surface area contributed by atoms with Crippen molar-refractivity contribution < 1.29 is 108 Å². The highest BCUT2D eigenvalue weighted by Gasteiger charge is 2.34. The fraction of sp³-hybridized carbons (Fsp3) is 0.564. The third-order valence-corrected chi connectivity index (χ3v) is 13.1. The molecule has 0 unspecified atom stereocenters. The van der Waals surface area contributed by atoms with Crippen LogP contribution in [0.5, 0.6) is 0 Å². The van der Waals surface area contributed by atoms with Crippen LogP contribution in [0.3, 0.4) is 0 Å². The van der Waals surface area contributed by atoms with Gasteiger partial charge in [-0.15, -0.1) is 10.1 Å². The van der Waals surface area contributed by atoms with Gasteiger partial charge in [-0.25, -0.2) is 9.59 Å². The molecule has 5 rings (SSSR count). The summed E-state index contributed by atoms with van der Waals surface area (Å²) in [6, 6.07) is 12.8. The third-order valence-electron chi connectivity index (χ3n) is 12.3. The van der Waals surface area contributed by atoms with Gasteiger partial charge >= 0.3 is 11.9 Å². The van der Waals surface area contributed by atoms with Crippen molar-refractivity contribution in [2.75, 3.05) is 136 Å². The molecule has 2 fully saturated rings. The van der Waals surface area contributed by atoms with Crippen LogP contribution >= 0.6 is 0 Å². The van der Waals surface area contributed by atoms with E-state index in [9.17, 15) is 60.9 Å². The maximum absolute atomic E-state index is 13.6. The second kappa shape index (κ2) is 37.9. The number of anilines is 1. The number of fused-ring (bicyclic) bond motifs is 2. The number of carbonyl (C=O) groups excluding carboxylic acids is 10. The van der Waals surface area contributed by atoms with Gasteiger partial charge in [-0.3, -0.25) is 42.9 Å². The van der Waals surface area contributed by atoms with Crippen molar-refractivity contribution in [2.24, 2.45) is 0 Å². The molecule has 0 aliphatic carbocycles. The molecule has 3 heterocycles. The molecule has 466 valence electrons. The molecule has 0 saturated carbocycles. The zero-order valence-electron chi connectivity index (χ0n) is 47.0. The van der Waals surface area contributed by atoms with E-state index in [-0.39, 0.29) is 196 Å². The number of amides is 8. The summed E-state index contributed by atoms with van der Waals surface area (Å²) in [5.74, 6) is -1.12. The number of carbonyl (C=O) groups is 10. The lowest BCUT2D eigenvalue weighted by Crippen LogP contribution is -2.51. The zero-order valence-corrected chi connectivity index (χ0v) is 47.9. The van der Waals surface area contributed by atoms with Crippen molar-refractivity contribution in [2.45, 2.75) is 70.4 Å². The summed E-state index contributed by atoms with van der Waals surface area (Å²) in [6.07, 6.45) is -1.09. The fourth-order valence-corrected chi connectivity index (χ4v) is 8.60. The Morgan fingerprint density at radius 2 is 0.976 bits per heavy atom. The summed E-state index contributed by atoms with van der Waals surface area (Å²) in [6.45, 7) is 2.38. The van der Waals surface area contributed by atoms with Crippen molar-refractivity contribution >= 4 is 75.0 Å². The Hall–Kier alpha value is -7.31. The highest BCUT2D eigenvalue weighted by Crippen LogP contribution is 2.26. The van der Waals surface area contributed by atoms with Crippen molar-refractivity contribution in [3.05, 3.63) is 65.2 Å². The Morgan fingerprint density at radius 3 is 1.49 bits per heavy atom. The zero-order chi connectivity index (χ0) is 61.2. The lowest BCUT2D eigenvalue weighted by molar-refractivity contribution is -0.198. The average Bonchev–Trinajstić information content (AvgIpc) is 4.10. The van der Waals surface area contributed by atoms with Gasteiger partial charge in [0, 0.05) is 69.3 Å². The molecule has 8 amide bonds. The summed E-state index contributed by atoms with van der Waals surface area (Å²) in [4.78, 5) is 136. The lowest BCUT2D eigenvalue weighted by Gasteiger charge is -2.26. The molecule has 85 heavy (non-hydrogen) atoms. The van der Waals surface area contributed by atoms with Gasteiger partial charge in [-0.05, 0) is 23.8 Å². The summed E-state index contributed by atoms with van der Waals surface area (Å²) >= 11 is 0. The number of imide groups is 2. The molecular formula is C55H72N6O23S. The van der Waals surface area contributed by atoms with Crippen LogP contribution in [0.1, 0.15) is 74.5 Å². The Labute approximate surface area is 491 Å². The van der Waals surface area contributed by atoms with Gasteiger partial charge in [-0.2, -0.15) is 8.42 Å². The second-order valence-electron chi connectivity index (χ2n) is 18.7. The summed E-state index contributed by atoms with van der Waals surface area (Å²) in [7, 11) is -4.71. The fourth-order valence-electron chi connectivity index (χ4n) is 7.95. The van der Waals surface area contributed by atoms with Crippen LogP contribution in [0.2, 0.25) is 0 Å². The molecule has 2 aromatic rings. The Morgan fingerprint density at radius 1 is 0.541 bits per heavy atom. The van der Waals surface area contributed by atoms with Crippen LogP contribution in [0, 0.1) is 11.8 Å². The largest absolute Gasteiger partial charge is 0.379 e. The number of rotatable bonds is 42. The van der Waals surface area contributed by atoms with E-state index in [2.05, 4.69) is 22.5 Å². The van der Waals surface area contributed by atoms with Crippen molar-refractivity contribution in [3.8, 4) is 11.8 Å². The summed E-state index contributed by atoms with van der Waals surface area (Å²) in [5.41, 5.74) is 2.76. The van der Waals surface area contributed by atoms with E-state index in [1.54, 1.807) is 24.3 Å². The minimum atomic E-state index is -4.71.